The van der Waals surface area contributed by atoms with Crippen molar-refractivity contribution in [2.24, 2.45) is 10.2 Å². The first kappa shape index (κ1) is 44.8. The van der Waals surface area contributed by atoms with Crippen LogP contribution in [0.15, 0.2) is 58.8 Å². The molecule has 0 atom stereocenters. The van der Waals surface area contributed by atoms with Crippen LogP contribution in [0, 0.1) is 0 Å². The van der Waals surface area contributed by atoms with Crippen LogP contribution in [-0.4, -0.2) is 72.1 Å². The zero-order valence-corrected chi connectivity index (χ0v) is 27.3. The minimum Gasteiger partial charge on any atom is -0.494 e. The molecule has 0 saturated carbocycles. The van der Waals surface area contributed by atoms with Gasteiger partial charge in [-0.3, -0.25) is 0 Å². The van der Waals surface area contributed by atoms with E-state index < -0.39 is 72.2 Å². The van der Waals surface area contributed by atoms with Crippen LogP contribution in [0.3, 0.4) is 0 Å². The van der Waals surface area contributed by atoms with E-state index in [2.05, 4.69) is 30.9 Å². The van der Waals surface area contributed by atoms with E-state index in [9.17, 15) is 79.4 Å². The second-order valence-corrected chi connectivity index (χ2v) is 11.5. The second kappa shape index (κ2) is 16.3. The van der Waals surface area contributed by atoms with Gasteiger partial charge >= 0.3 is 53.6 Å². The summed E-state index contributed by atoms with van der Waals surface area (Å²) < 4.78 is 237. The fourth-order valence-corrected chi connectivity index (χ4v) is 4.23. The molecule has 0 aliphatic heterocycles. The molecule has 2 aromatic carbocycles. The van der Waals surface area contributed by atoms with Gasteiger partial charge in [-0.05, 0) is 61.4 Å². The lowest BCUT2D eigenvalue weighted by atomic mass is 9.88. The Labute approximate surface area is 290 Å². The maximum Gasteiger partial charge on any atom is 0.460 e. The Morgan fingerprint density at radius 2 is 0.962 bits per heavy atom. The summed E-state index contributed by atoms with van der Waals surface area (Å²) in [7, 11) is 0. The highest BCUT2D eigenvalue weighted by Crippen LogP contribution is 2.64. The van der Waals surface area contributed by atoms with Gasteiger partial charge in [-0.1, -0.05) is 28.8 Å². The zero-order chi connectivity index (χ0) is 40.0. The van der Waals surface area contributed by atoms with Crippen LogP contribution >= 0.6 is 15.9 Å². The Bertz CT molecular complexity index is 1500. The fourth-order valence-electron chi connectivity index (χ4n) is 3.84. The second-order valence-electron chi connectivity index (χ2n) is 10.7. The number of alkyl halides is 18. The monoisotopic (exact) mass is 850 g/mol. The SMILES string of the molecule is O=C(OCCC(F)(F)C(F)(F)C(F)(F)C(F)(F)C(F)(F)C(F)(F)C(F)(F)C(F)(F)F)c1ccc(N=Nc2ccc(OCCCCCCBr)cc2)cc1. The number of azo groups is 1. The van der Waals surface area contributed by atoms with Crippen molar-refractivity contribution in [2.75, 3.05) is 18.5 Å². The Kier molecular flexibility index (Phi) is 14.0. The molecule has 2 aromatic rings. The molecule has 0 aromatic heterocycles. The van der Waals surface area contributed by atoms with Crippen molar-refractivity contribution in [3.8, 4) is 5.75 Å². The number of benzene rings is 2. The molecular formula is C29H24BrF17N2O3. The Morgan fingerprint density at radius 3 is 1.42 bits per heavy atom. The van der Waals surface area contributed by atoms with E-state index in [-0.39, 0.29) is 5.69 Å². The molecular weight excluding hydrogens is 827 g/mol. The Hall–Kier alpha value is -3.40. The summed E-state index contributed by atoms with van der Waals surface area (Å²) in [6, 6.07) is 10.3. The molecule has 294 valence electrons. The number of carbonyl (C=O) groups is 1. The summed E-state index contributed by atoms with van der Waals surface area (Å²) >= 11 is 3.34. The summed E-state index contributed by atoms with van der Waals surface area (Å²) in [6.07, 6.45) is -6.79. The van der Waals surface area contributed by atoms with Gasteiger partial charge in [-0.15, -0.1) is 0 Å². The number of halogens is 18. The van der Waals surface area contributed by atoms with Crippen LogP contribution < -0.4 is 4.74 Å². The molecule has 0 N–H and O–H groups in total. The highest BCUT2D eigenvalue weighted by molar-refractivity contribution is 9.09. The normalized spacial score (nSPS) is 14.2. The number of carbonyl (C=O) groups excluding carboxylic acids is 1. The van der Waals surface area contributed by atoms with Crippen molar-refractivity contribution in [2.45, 2.75) is 79.7 Å². The van der Waals surface area contributed by atoms with E-state index in [4.69, 9.17) is 4.74 Å². The van der Waals surface area contributed by atoms with E-state index >= 15 is 0 Å². The molecule has 0 aliphatic rings. The smallest absolute Gasteiger partial charge is 0.460 e. The lowest BCUT2D eigenvalue weighted by Crippen LogP contribution is -2.74. The molecule has 0 heterocycles. The zero-order valence-electron chi connectivity index (χ0n) is 25.7. The highest BCUT2D eigenvalue weighted by atomic mass is 79.9. The van der Waals surface area contributed by atoms with Crippen molar-refractivity contribution < 1.29 is 88.9 Å². The first-order valence-corrected chi connectivity index (χ1v) is 15.4. The molecule has 2 rings (SSSR count). The third-order valence-corrected chi connectivity index (χ3v) is 7.51. The van der Waals surface area contributed by atoms with E-state index in [0.717, 1.165) is 55.3 Å². The van der Waals surface area contributed by atoms with Crippen molar-refractivity contribution in [1.29, 1.82) is 0 Å². The van der Waals surface area contributed by atoms with Gasteiger partial charge in [-0.25, -0.2) is 4.79 Å². The van der Waals surface area contributed by atoms with E-state index in [0.29, 0.717) is 18.0 Å². The number of nitrogens with zero attached hydrogens (tertiary/aromatic N) is 2. The van der Waals surface area contributed by atoms with Gasteiger partial charge in [0.25, 0.3) is 0 Å². The molecule has 52 heavy (non-hydrogen) atoms. The number of hydrogen-bond donors (Lipinski definition) is 0. The number of rotatable bonds is 19. The number of hydrogen-bond acceptors (Lipinski definition) is 5. The van der Waals surface area contributed by atoms with Crippen LogP contribution in [0.4, 0.5) is 86.0 Å². The van der Waals surface area contributed by atoms with Crippen LogP contribution in [0.5, 0.6) is 5.75 Å². The molecule has 0 saturated heterocycles. The predicted molar refractivity (Wildman–Crippen MR) is 150 cm³/mol. The summed E-state index contributed by atoms with van der Waals surface area (Å²) in [5.74, 6) is -58.2. The average Bonchev–Trinajstić information content (AvgIpc) is 3.05. The van der Waals surface area contributed by atoms with Crippen molar-refractivity contribution >= 4 is 33.3 Å². The average molecular weight is 851 g/mol. The molecule has 0 bridgehead atoms. The topological polar surface area (TPSA) is 60.2 Å². The van der Waals surface area contributed by atoms with Crippen LogP contribution in [0.25, 0.3) is 0 Å². The summed E-state index contributed by atoms with van der Waals surface area (Å²) in [5, 5.41) is 8.68. The van der Waals surface area contributed by atoms with Crippen molar-refractivity contribution in [3.63, 3.8) is 0 Å². The predicted octanol–water partition coefficient (Wildman–Crippen LogP) is 12.0. The molecule has 0 unspecified atom stereocenters. The minimum atomic E-state index is -8.72. The van der Waals surface area contributed by atoms with Crippen LogP contribution in [0.2, 0.25) is 0 Å². The molecule has 0 fully saturated rings. The molecule has 0 aliphatic carbocycles. The quantitative estimate of drug-likeness (QED) is 0.0465. The lowest BCUT2D eigenvalue weighted by Gasteiger charge is -2.42. The van der Waals surface area contributed by atoms with Crippen molar-refractivity contribution in [3.05, 3.63) is 54.1 Å². The molecule has 0 amide bonds. The van der Waals surface area contributed by atoms with Crippen molar-refractivity contribution in [1.82, 2.24) is 0 Å². The lowest BCUT2D eigenvalue weighted by molar-refractivity contribution is -0.461. The number of unbranched alkanes of at least 4 members (excludes halogenated alkanes) is 3. The maximum absolute atomic E-state index is 14.0. The van der Waals surface area contributed by atoms with Gasteiger partial charge in [-0.2, -0.15) is 84.9 Å². The van der Waals surface area contributed by atoms with E-state index in [1.165, 1.54) is 0 Å². The third-order valence-electron chi connectivity index (χ3n) is 6.95. The van der Waals surface area contributed by atoms with Gasteiger partial charge in [0.15, 0.2) is 0 Å². The van der Waals surface area contributed by atoms with Gasteiger partial charge < -0.3 is 9.47 Å². The van der Waals surface area contributed by atoms with Crippen LogP contribution in [0.1, 0.15) is 42.5 Å². The summed E-state index contributed by atoms with van der Waals surface area (Å²) in [6.45, 7) is -1.56. The molecule has 23 heteroatoms. The first-order chi connectivity index (χ1) is 23.6. The first-order valence-electron chi connectivity index (χ1n) is 14.3. The molecule has 5 nitrogen and oxygen atoms in total. The van der Waals surface area contributed by atoms with Crippen LogP contribution in [-0.2, 0) is 4.74 Å². The maximum atomic E-state index is 14.0. The van der Waals surface area contributed by atoms with Gasteiger partial charge in [0.1, 0.15) is 5.75 Å². The van der Waals surface area contributed by atoms with E-state index in [1.54, 1.807) is 24.3 Å². The number of esters is 1. The Morgan fingerprint density at radius 1 is 0.538 bits per heavy atom. The van der Waals surface area contributed by atoms with E-state index in [1.807, 2.05) is 0 Å². The largest absolute Gasteiger partial charge is 0.494 e. The Balaban J connectivity index is 2.05. The molecule has 0 radical (unpaired) electrons. The standard InChI is InChI=1S/C29H24BrF17N2O3/c30-14-3-1-2-4-15-51-20-11-9-19(10-12-20)49-48-18-7-5-17(6-8-18)21(50)52-16-13-22(31,32)23(33,34)24(35,36)25(37,38)26(39,40)27(41,42)28(43,44)29(45,46)47/h5-12H,1-4,13-16H2. The van der Waals surface area contributed by atoms with Gasteiger partial charge in [0, 0.05) is 5.33 Å². The third kappa shape index (κ3) is 9.03. The fraction of sp³-hybridized carbons (Fsp3) is 0.552. The number of ether oxygens (including phenoxy) is 2. The summed E-state index contributed by atoms with van der Waals surface area (Å²) in [4.78, 5) is 12.1. The van der Waals surface area contributed by atoms with Gasteiger partial charge in [0.05, 0.1) is 36.6 Å². The molecule has 0 spiro atoms. The van der Waals surface area contributed by atoms with Gasteiger partial charge in [0.2, 0.25) is 0 Å². The summed E-state index contributed by atoms with van der Waals surface area (Å²) in [5.41, 5.74) is -0.108. The highest BCUT2D eigenvalue weighted by Gasteiger charge is 2.95. The minimum absolute atomic E-state index is 0.0741.